The lowest BCUT2D eigenvalue weighted by atomic mass is 9.86. The SMILES string of the molecule is CCOC1(C(NN)c2cccc(C)c2)CCCC1. The van der Waals surface area contributed by atoms with Crippen LogP contribution in [0.1, 0.15) is 49.8 Å². The van der Waals surface area contributed by atoms with Crippen molar-refractivity contribution in [3.05, 3.63) is 35.4 Å². The van der Waals surface area contributed by atoms with Gasteiger partial charge in [0, 0.05) is 6.61 Å². The molecule has 1 saturated carbocycles. The minimum atomic E-state index is -0.128. The summed E-state index contributed by atoms with van der Waals surface area (Å²) in [5.74, 6) is 5.82. The molecular formula is C15H24N2O. The van der Waals surface area contributed by atoms with E-state index in [1.165, 1.54) is 24.0 Å². The van der Waals surface area contributed by atoms with Crippen LogP contribution in [-0.2, 0) is 4.74 Å². The molecule has 1 aliphatic carbocycles. The van der Waals surface area contributed by atoms with Crippen LogP contribution in [0.25, 0.3) is 0 Å². The van der Waals surface area contributed by atoms with Crippen molar-refractivity contribution >= 4 is 0 Å². The van der Waals surface area contributed by atoms with Crippen LogP contribution in [0.4, 0.5) is 0 Å². The first-order chi connectivity index (χ1) is 8.72. The van der Waals surface area contributed by atoms with Gasteiger partial charge in [-0.3, -0.25) is 11.3 Å². The van der Waals surface area contributed by atoms with Gasteiger partial charge in [-0.1, -0.05) is 42.7 Å². The maximum atomic E-state index is 6.10. The molecule has 0 aliphatic heterocycles. The molecule has 3 N–H and O–H groups in total. The standard InChI is InChI=1S/C15H24N2O/c1-3-18-15(9-4-5-10-15)14(17-16)13-8-6-7-12(2)11-13/h6-8,11,14,17H,3-5,9-10,16H2,1-2H3. The van der Waals surface area contributed by atoms with E-state index in [0.717, 1.165) is 19.4 Å². The molecule has 100 valence electrons. The molecule has 1 fully saturated rings. The van der Waals surface area contributed by atoms with E-state index in [4.69, 9.17) is 10.6 Å². The van der Waals surface area contributed by atoms with Crippen LogP contribution in [0.3, 0.4) is 0 Å². The molecule has 3 heteroatoms. The van der Waals surface area contributed by atoms with E-state index in [1.807, 2.05) is 0 Å². The summed E-state index contributed by atoms with van der Waals surface area (Å²) in [4.78, 5) is 0. The molecule has 18 heavy (non-hydrogen) atoms. The Morgan fingerprint density at radius 3 is 2.67 bits per heavy atom. The lowest BCUT2D eigenvalue weighted by molar-refractivity contribution is -0.0627. The average Bonchev–Trinajstić information content (AvgIpc) is 2.80. The van der Waals surface area contributed by atoms with Crippen LogP contribution in [0.15, 0.2) is 24.3 Å². The number of benzene rings is 1. The average molecular weight is 248 g/mol. The molecule has 0 saturated heterocycles. The van der Waals surface area contributed by atoms with Gasteiger partial charge in [0.15, 0.2) is 0 Å². The maximum absolute atomic E-state index is 6.10. The molecule has 0 amide bonds. The molecule has 0 heterocycles. The first kappa shape index (κ1) is 13.5. The van der Waals surface area contributed by atoms with Crippen molar-refractivity contribution in [1.29, 1.82) is 0 Å². The molecule has 1 atom stereocenters. The van der Waals surface area contributed by atoms with Gasteiger partial charge in [0.2, 0.25) is 0 Å². The fourth-order valence-corrected chi connectivity index (χ4v) is 3.18. The Labute approximate surface area is 110 Å². The Bertz CT molecular complexity index is 386. The molecule has 0 aromatic heterocycles. The van der Waals surface area contributed by atoms with Gasteiger partial charge in [0.1, 0.15) is 0 Å². The van der Waals surface area contributed by atoms with Gasteiger partial charge < -0.3 is 4.74 Å². The quantitative estimate of drug-likeness (QED) is 0.622. The summed E-state index contributed by atoms with van der Waals surface area (Å²) >= 11 is 0. The van der Waals surface area contributed by atoms with Crippen LogP contribution in [-0.4, -0.2) is 12.2 Å². The second-order valence-electron chi connectivity index (χ2n) is 5.22. The summed E-state index contributed by atoms with van der Waals surface area (Å²) in [5.41, 5.74) is 5.35. The van der Waals surface area contributed by atoms with Crippen molar-refractivity contribution in [3.8, 4) is 0 Å². The minimum Gasteiger partial charge on any atom is -0.373 e. The Hall–Kier alpha value is -0.900. The molecule has 0 radical (unpaired) electrons. The summed E-state index contributed by atoms with van der Waals surface area (Å²) < 4.78 is 6.10. The molecule has 1 unspecified atom stereocenters. The lowest BCUT2D eigenvalue weighted by Crippen LogP contribution is -2.47. The van der Waals surface area contributed by atoms with Crippen LogP contribution in [0.5, 0.6) is 0 Å². The fourth-order valence-electron chi connectivity index (χ4n) is 3.18. The number of aryl methyl sites for hydroxylation is 1. The van der Waals surface area contributed by atoms with Gasteiger partial charge in [0.05, 0.1) is 11.6 Å². The summed E-state index contributed by atoms with van der Waals surface area (Å²) in [5, 5.41) is 0. The van der Waals surface area contributed by atoms with Crippen molar-refractivity contribution in [3.63, 3.8) is 0 Å². The van der Waals surface area contributed by atoms with Crippen LogP contribution in [0.2, 0.25) is 0 Å². The zero-order valence-corrected chi connectivity index (χ0v) is 11.4. The highest BCUT2D eigenvalue weighted by Crippen LogP contribution is 2.42. The number of rotatable bonds is 5. The third kappa shape index (κ3) is 2.58. The van der Waals surface area contributed by atoms with Crippen molar-refractivity contribution in [2.75, 3.05) is 6.61 Å². The van der Waals surface area contributed by atoms with E-state index < -0.39 is 0 Å². The summed E-state index contributed by atoms with van der Waals surface area (Å²) in [6.45, 7) is 4.91. The normalized spacial score (nSPS) is 19.9. The summed E-state index contributed by atoms with van der Waals surface area (Å²) in [6, 6.07) is 8.61. The molecular weight excluding hydrogens is 224 g/mol. The van der Waals surface area contributed by atoms with Gasteiger partial charge in [0.25, 0.3) is 0 Å². The Kier molecular flexibility index (Phi) is 4.38. The van der Waals surface area contributed by atoms with Gasteiger partial charge >= 0.3 is 0 Å². The van der Waals surface area contributed by atoms with Crippen molar-refractivity contribution in [1.82, 2.24) is 5.43 Å². The van der Waals surface area contributed by atoms with E-state index >= 15 is 0 Å². The van der Waals surface area contributed by atoms with Crippen LogP contribution >= 0.6 is 0 Å². The van der Waals surface area contributed by atoms with Crippen LogP contribution < -0.4 is 11.3 Å². The Morgan fingerprint density at radius 2 is 2.11 bits per heavy atom. The van der Waals surface area contributed by atoms with Crippen molar-refractivity contribution < 1.29 is 4.74 Å². The first-order valence-electron chi connectivity index (χ1n) is 6.88. The van der Waals surface area contributed by atoms with E-state index in [-0.39, 0.29) is 11.6 Å². The fraction of sp³-hybridized carbons (Fsp3) is 0.600. The van der Waals surface area contributed by atoms with E-state index in [0.29, 0.717) is 0 Å². The molecule has 1 aliphatic rings. The van der Waals surface area contributed by atoms with Gasteiger partial charge in [-0.25, -0.2) is 0 Å². The van der Waals surface area contributed by atoms with Gasteiger partial charge in [-0.2, -0.15) is 0 Å². The molecule has 0 spiro atoms. The molecule has 3 nitrogen and oxygen atoms in total. The Morgan fingerprint density at radius 1 is 1.39 bits per heavy atom. The molecule has 2 rings (SSSR count). The van der Waals surface area contributed by atoms with Crippen molar-refractivity contribution in [2.24, 2.45) is 5.84 Å². The summed E-state index contributed by atoms with van der Waals surface area (Å²) in [6.07, 6.45) is 4.63. The van der Waals surface area contributed by atoms with E-state index in [2.05, 4.69) is 43.5 Å². The third-order valence-electron chi connectivity index (χ3n) is 3.95. The molecule has 0 bridgehead atoms. The second-order valence-corrected chi connectivity index (χ2v) is 5.22. The second kappa shape index (κ2) is 5.83. The monoisotopic (exact) mass is 248 g/mol. The molecule has 1 aromatic carbocycles. The van der Waals surface area contributed by atoms with Crippen LogP contribution in [0, 0.1) is 6.92 Å². The highest BCUT2D eigenvalue weighted by Gasteiger charge is 2.42. The first-order valence-corrected chi connectivity index (χ1v) is 6.88. The minimum absolute atomic E-state index is 0.0832. The zero-order chi connectivity index (χ0) is 13.0. The van der Waals surface area contributed by atoms with Crippen molar-refractivity contribution in [2.45, 2.75) is 51.2 Å². The number of hydrazine groups is 1. The summed E-state index contributed by atoms with van der Waals surface area (Å²) in [7, 11) is 0. The predicted octanol–water partition coefficient (Wildman–Crippen LogP) is 2.85. The smallest absolute Gasteiger partial charge is 0.0889 e. The Balaban J connectivity index is 2.31. The highest BCUT2D eigenvalue weighted by atomic mass is 16.5. The number of nitrogens with two attached hydrogens (primary N) is 1. The zero-order valence-electron chi connectivity index (χ0n) is 11.4. The van der Waals surface area contributed by atoms with E-state index in [9.17, 15) is 0 Å². The third-order valence-corrected chi connectivity index (χ3v) is 3.95. The number of ether oxygens (including phenoxy) is 1. The number of hydrogen-bond donors (Lipinski definition) is 2. The topological polar surface area (TPSA) is 47.3 Å². The van der Waals surface area contributed by atoms with Gasteiger partial charge in [-0.05, 0) is 32.3 Å². The highest BCUT2D eigenvalue weighted by molar-refractivity contribution is 5.27. The number of hydrogen-bond acceptors (Lipinski definition) is 3. The largest absolute Gasteiger partial charge is 0.373 e. The van der Waals surface area contributed by atoms with E-state index in [1.54, 1.807) is 0 Å². The predicted molar refractivity (Wildman–Crippen MR) is 74.1 cm³/mol. The maximum Gasteiger partial charge on any atom is 0.0889 e. The lowest BCUT2D eigenvalue weighted by Gasteiger charge is -2.37. The van der Waals surface area contributed by atoms with Gasteiger partial charge in [-0.15, -0.1) is 0 Å². The molecule has 1 aromatic rings. The number of nitrogens with one attached hydrogen (secondary N) is 1.